The van der Waals surface area contributed by atoms with E-state index in [4.69, 9.17) is 5.26 Å². The summed E-state index contributed by atoms with van der Waals surface area (Å²) in [5.41, 5.74) is 3.91. The van der Waals surface area contributed by atoms with Gasteiger partial charge in [0.25, 0.3) is 11.8 Å². The number of nitriles is 1. The molecule has 6 heteroatoms. The lowest BCUT2D eigenvalue weighted by Crippen LogP contribution is -3.14. The number of hydrogen-bond donors (Lipinski definition) is 3. The van der Waals surface area contributed by atoms with Crippen molar-refractivity contribution in [3.05, 3.63) is 59.2 Å². The zero-order valence-electron chi connectivity index (χ0n) is 16.1. The van der Waals surface area contributed by atoms with Crippen molar-refractivity contribution >= 4 is 23.2 Å². The number of likely N-dealkylation sites (N-methyl/N-ethyl adjacent to an activating group) is 1. The first-order chi connectivity index (χ1) is 12.8. The largest absolute Gasteiger partial charge is 0.321 e. The summed E-state index contributed by atoms with van der Waals surface area (Å²) in [6, 6.07) is 14.2. The van der Waals surface area contributed by atoms with Gasteiger partial charge in [0.2, 0.25) is 0 Å². The summed E-state index contributed by atoms with van der Waals surface area (Å²) >= 11 is 0. The normalized spacial score (nSPS) is 12.6. The highest BCUT2D eigenvalue weighted by Gasteiger charge is 2.24. The summed E-state index contributed by atoms with van der Waals surface area (Å²) in [6.07, 6.45) is 0. The fourth-order valence-electron chi connectivity index (χ4n) is 2.61. The van der Waals surface area contributed by atoms with Gasteiger partial charge in [-0.2, -0.15) is 5.26 Å². The predicted molar refractivity (Wildman–Crippen MR) is 106 cm³/mol. The Morgan fingerprint density at radius 2 is 1.89 bits per heavy atom. The number of rotatable bonds is 6. The molecule has 0 saturated heterocycles. The molecule has 0 aliphatic heterocycles. The van der Waals surface area contributed by atoms with Crippen molar-refractivity contribution < 1.29 is 14.5 Å². The average molecular weight is 365 g/mol. The monoisotopic (exact) mass is 365 g/mol. The molecule has 0 saturated carbocycles. The fourth-order valence-corrected chi connectivity index (χ4v) is 2.61. The molecule has 1 unspecified atom stereocenters. The van der Waals surface area contributed by atoms with E-state index >= 15 is 0 Å². The molecular weight excluding hydrogens is 340 g/mol. The van der Waals surface area contributed by atoms with Crippen LogP contribution in [-0.2, 0) is 9.59 Å². The van der Waals surface area contributed by atoms with Crippen LogP contribution in [0.4, 0.5) is 11.4 Å². The lowest BCUT2D eigenvalue weighted by Gasteiger charge is -2.21. The molecule has 2 aromatic carbocycles. The van der Waals surface area contributed by atoms with Crippen LogP contribution in [0.25, 0.3) is 0 Å². The van der Waals surface area contributed by atoms with Crippen LogP contribution in [0.2, 0.25) is 0 Å². The molecule has 140 valence electrons. The van der Waals surface area contributed by atoms with E-state index in [2.05, 4.69) is 10.6 Å². The SMILES string of the molecule is Cc1ccc(C)c(NC(=O)C[NH+](C)[C@H](C)C(=O)Nc2cccc(C#N)c2)c1. The first kappa shape index (κ1) is 20.1. The number of amides is 2. The maximum atomic E-state index is 12.4. The van der Waals surface area contributed by atoms with Crippen molar-refractivity contribution in [2.75, 3.05) is 24.2 Å². The molecule has 2 atom stereocenters. The molecule has 0 aliphatic carbocycles. The number of benzene rings is 2. The second kappa shape index (κ2) is 8.97. The number of carbonyl (C=O) groups is 2. The van der Waals surface area contributed by atoms with Crippen LogP contribution >= 0.6 is 0 Å². The van der Waals surface area contributed by atoms with Crippen LogP contribution in [-0.4, -0.2) is 31.4 Å². The second-order valence-electron chi connectivity index (χ2n) is 6.79. The van der Waals surface area contributed by atoms with Crippen LogP contribution in [0.3, 0.4) is 0 Å². The Morgan fingerprint density at radius 3 is 2.59 bits per heavy atom. The number of nitrogens with one attached hydrogen (secondary N) is 3. The van der Waals surface area contributed by atoms with Crippen molar-refractivity contribution in [2.45, 2.75) is 26.8 Å². The summed E-state index contributed by atoms with van der Waals surface area (Å²) in [6.45, 7) is 5.85. The lowest BCUT2D eigenvalue weighted by atomic mass is 10.1. The van der Waals surface area contributed by atoms with Crippen molar-refractivity contribution in [1.29, 1.82) is 5.26 Å². The van der Waals surface area contributed by atoms with Crippen molar-refractivity contribution in [2.24, 2.45) is 0 Å². The minimum atomic E-state index is -0.430. The number of hydrogen-bond acceptors (Lipinski definition) is 3. The van der Waals surface area contributed by atoms with Gasteiger partial charge in [-0.15, -0.1) is 0 Å². The highest BCUT2D eigenvalue weighted by molar-refractivity contribution is 5.95. The maximum Gasteiger partial charge on any atom is 0.282 e. The maximum absolute atomic E-state index is 12.4. The Bertz CT molecular complexity index is 886. The first-order valence-corrected chi connectivity index (χ1v) is 8.80. The minimum Gasteiger partial charge on any atom is -0.321 e. The number of carbonyl (C=O) groups excluding carboxylic acids is 2. The molecule has 0 aromatic heterocycles. The standard InChI is InChI=1S/C21H24N4O2/c1-14-8-9-15(2)19(10-14)24-20(26)13-25(4)16(3)21(27)23-18-7-5-6-17(11-18)12-22/h5-11,16H,13H2,1-4H3,(H,23,27)(H,24,26)/p+1/t16-/m1/s1. The minimum absolute atomic E-state index is 0.146. The summed E-state index contributed by atoms with van der Waals surface area (Å²) < 4.78 is 0. The molecule has 6 nitrogen and oxygen atoms in total. The Balaban J connectivity index is 1.94. The molecule has 2 aromatic rings. The van der Waals surface area contributed by atoms with Crippen LogP contribution in [0.15, 0.2) is 42.5 Å². The van der Waals surface area contributed by atoms with Gasteiger partial charge in [-0.05, 0) is 56.2 Å². The van der Waals surface area contributed by atoms with Gasteiger partial charge in [-0.3, -0.25) is 9.59 Å². The molecule has 0 radical (unpaired) electrons. The molecule has 0 aliphatic rings. The van der Waals surface area contributed by atoms with E-state index < -0.39 is 6.04 Å². The highest BCUT2D eigenvalue weighted by atomic mass is 16.2. The van der Waals surface area contributed by atoms with Crippen LogP contribution < -0.4 is 15.5 Å². The molecular formula is C21H25N4O2+. The molecule has 2 amide bonds. The van der Waals surface area contributed by atoms with E-state index in [0.717, 1.165) is 21.7 Å². The van der Waals surface area contributed by atoms with Crippen LogP contribution in [0, 0.1) is 25.2 Å². The van der Waals surface area contributed by atoms with Gasteiger partial charge in [-0.25, -0.2) is 0 Å². The van der Waals surface area contributed by atoms with Crippen LogP contribution in [0.5, 0.6) is 0 Å². The van der Waals surface area contributed by atoms with Gasteiger partial charge < -0.3 is 15.5 Å². The Kier molecular flexibility index (Phi) is 6.69. The molecule has 3 N–H and O–H groups in total. The van der Waals surface area contributed by atoms with E-state index in [-0.39, 0.29) is 18.4 Å². The second-order valence-corrected chi connectivity index (χ2v) is 6.79. The predicted octanol–water partition coefficient (Wildman–Crippen LogP) is 1.66. The van der Waals surface area contributed by atoms with Crippen molar-refractivity contribution in [3.63, 3.8) is 0 Å². The molecule has 0 bridgehead atoms. The number of anilines is 2. The summed E-state index contributed by atoms with van der Waals surface area (Å²) in [5.74, 6) is -0.352. The quantitative estimate of drug-likeness (QED) is 0.728. The highest BCUT2D eigenvalue weighted by Crippen LogP contribution is 2.15. The fraction of sp³-hybridized carbons (Fsp3) is 0.286. The molecule has 0 spiro atoms. The molecule has 27 heavy (non-hydrogen) atoms. The summed E-state index contributed by atoms with van der Waals surface area (Å²) in [5, 5.41) is 14.6. The smallest absolute Gasteiger partial charge is 0.282 e. The van der Waals surface area contributed by atoms with E-state index in [1.54, 1.807) is 38.2 Å². The Labute approximate surface area is 159 Å². The molecule has 0 fully saturated rings. The number of nitrogens with zero attached hydrogens (tertiary/aromatic N) is 1. The van der Waals surface area contributed by atoms with Gasteiger partial charge in [0.1, 0.15) is 0 Å². The zero-order chi connectivity index (χ0) is 20.0. The first-order valence-electron chi connectivity index (χ1n) is 8.80. The van der Waals surface area contributed by atoms with Gasteiger partial charge in [0.15, 0.2) is 12.6 Å². The Hall–Kier alpha value is -3.17. The van der Waals surface area contributed by atoms with Crippen molar-refractivity contribution in [3.8, 4) is 6.07 Å². The molecule has 0 heterocycles. The van der Waals surface area contributed by atoms with Crippen LogP contribution in [0.1, 0.15) is 23.6 Å². The zero-order valence-corrected chi connectivity index (χ0v) is 16.1. The van der Waals surface area contributed by atoms with E-state index in [1.807, 2.05) is 38.1 Å². The number of aryl methyl sites for hydroxylation is 2. The molecule has 2 rings (SSSR count). The third-order valence-corrected chi connectivity index (χ3v) is 4.50. The van der Waals surface area contributed by atoms with Gasteiger partial charge in [0, 0.05) is 11.4 Å². The summed E-state index contributed by atoms with van der Waals surface area (Å²) in [7, 11) is 1.80. The third-order valence-electron chi connectivity index (χ3n) is 4.50. The lowest BCUT2D eigenvalue weighted by molar-refractivity contribution is -0.885. The topological polar surface area (TPSA) is 86.4 Å². The number of quaternary nitrogens is 1. The van der Waals surface area contributed by atoms with E-state index in [9.17, 15) is 9.59 Å². The van der Waals surface area contributed by atoms with Gasteiger partial charge in [0.05, 0.1) is 18.7 Å². The van der Waals surface area contributed by atoms with E-state index in [1.165, 1.54) is 0 Å². The third kappa shape index (κ3) is 5.66. The van der Waals surface area contributed by atoms with E-state index in [0.29, 0.717) is 11.3 Å². The van der Waals surface area contributed by atoms with Gasteiger partial charge in [-0.1, -0.05) is 18.2 Å². The van der Waals surface area contributed by atoms with Crippen molar-refractivity contribution in [1.82, 2.24) is 0 Å². The summed E-state index contributed by atoms with van der Waals surface area (Å²) in [4.78, 5) is 25.6. The van der Waals surface area contributed by atoms with Gasteiger partial charge >= 0.3 is 0 Å². The average Bonchev–Trinajstić information content (AvgIpc) is 2.64. The Morgan fingerprint density at radius 1 is 1.15 bits per heavy atom.